The van der Waals surface area contributed by atoms with E-state index in [0.29, 0.717) is 12.1 Å². The van der Waals surface area contributed by atoms with E-state index in [-0.39, 0.29) is 14.8 Å². The quantitative estimate of drug-likeness (QED) is 0.752. The lowest BCUT2D eigenvalue weighted by Gasteiger charge is -2.10. The van der Waals surface area contributed by atoms with Gasteiger partial charge in [-0.3, -0.25) is 0 Å². The van der Waals surface area contributed by atoms with E-state index in [1.54, 1.807) is 6.07 Å². The van der Waals surface area contributed by atoms with E-state index in [0.717, 1.165) is 41.8 Å². The number of furan rings is 1. The van der Waals surface area contributed by atoms with Crippen LogP contribution in [0, 0.1) is 5.82 Å². The molecule has 0 saturated heterocycles. The molecule has 1 aliphatic heterocycles. The number of halogens is 2. The lowest BCUT2D eigenvalue weighted by molar-refractivity contribution is 0.487. The van der Waals surface area contributed by atoms with Gasteiger partial charge >= 0.3 is 0 Å². The first-order valence-electron chi connectivity index (χ1n) is 7.41. The standard InChI is InChI=1S/C17H13ClFNO3S/c18-10-5-11(19)7-13(6-10)24(21,22)12-1-2-14-15-3-4-20-9-17(15)23-16(14)8-12/h1-2,5-8,20H,3-4,9H2. The van der Waals surface area contributed by atoms with E-state index >= 15 is 0 Å². The van der Waals surface area contributed by atoms with Gasteiger partial charge in [-0.25, -0.2) is 12.8 Å². The second-order valence-electron chi connectivity index (χ2n) is 5.70. The first-order valence-corrected chi connectivity index (χ1v) is 9.27. The molecule has 0 atom stereocenters. The van der Waals surface area contributed by atoms with Crippen LogP contribution < -0.4 is 5.32 Å². The summed E-state index contributed by atoms with van der Waals surface area (Å²) in [6, 6.07) is 8.02. The van der Waals surface area contributed by atoms with Crippen LogP contribution in [0.1, 0.15) is 11.3 Å². The number of nitrogens with one attached hydrogen (secondary N) is 1. The SMILES string of the molecule is O=S(=O)(c1cc(F)cc(Cl)c1)c1ccc2c3c(oc2c1)CNCC3. The minimum atomic E-state index is -3.88. The minimum Gasteiger partial charge on any atom is -0.459 e. The number of hydrogen-bond donors (Lipinski definition) is 1. The number of hydrogen-bond acceptors (Lipinski definition) is 4. The van der Waals surface area contributed by atoms with Gasteiger partial charge in [-0.1, -0.05) is 11.6 Å². The summed E-state index contributed by atoms with van der Waals surface area (Å²) in [4.78, 5) is -0.124. The Bertz CT molecular complexity index is 1040. The van der Waals surface area contributed by atoms with Crippen LogP contribution in [-0.2, 0) is 22.8 Å². The van der Waals surface area contributed by atoms with E-state index in [9.17, 15) is 12.8 Å². The molecule has 3 aromatic rings. The number of sulfone groups is 1. The van der Waals surface area contributed by atoms with Gasteiger partial charge in [0.15, 0.2) is 0 Å². The monoisotopic (exact) mass is 365 g/mol. The normalized spacial score (nSPS) is 14.8. The van der Waals surface area contributed by atoms with Gasteiger partial charge in [0.05, 0.1) is 16.3 Å². The van der Waals surface area contributed by atoms with Crippen molar-refractivity contribution in [3.63, 3.8) is 0 Å². The van der Waals surface area contributed by atoms with Crippen molar-refractivity contribution in [1.82, 2.24) is 5.32 Å². The molecule has 2 aromatic carbocycles. The summed E-state index contributed by atoms with van der Waals surface area (Å²) in [6.45, 7) is 1.50. The predicted octanol–water partition coefficient (Wildman–Crippen LogP) is 3.70. The Morgan fingerprint density at radius 3 is 2.75 bits per heavy atom. The highest BCUT2D eigenvalue weighted by atomic mass is 35.5. The van der Waals surface area contributed by atoms with Crippen LogP contribution >= 0.6 is 11.6 Å². The van der Waals surface area contributed by atoms with Gasteiger partial charge < -0.3 is 9.73 Å². The Hall–Kier alpha value is -1.89. The first kappa shape index (κ1) is 15.6. The van der Waals surface area contributed by atoms with E-state index in [1.165, 1.54) is 18.2 Å². The molecule has 0 amide bonds. The van der Waals surface area contributed by atoms with E-state index in [4.69, 9.17) is 16.0 Å². The van der Waals surface area contributed by atoms with Crippen LogP contribution in [0.5, 0.6) is 0 Å². The van der Waals surface area contributed by atoms with Crippen molar-refractivity contribution in [1.29, 1.82) is 0 Å². The summed E-state index contributed by atoms with van der Waals surface area (Å²) in [7, 11) is -3.88. The zero-order valence-electron chi connectivity index (χ0n) is 12.5. The number of benzene rings is 2. The van der Waals surface area contributed by atoms with E-state index in [1.807, 2.05) is 0 Å². The zero-order chi connectivity index (χ0) is 16.9. The van der Waals surface area contributed by atoms with Gasteiger partial charge in [-0.2, -0.15) is 0 Å². The second-order valence-corrected chi connectivity index (χ2v) is 8.08. The fourth-order valence-corrected chi connectivity index (χ4v) is 4.62. The zero-order valence-corrected chi connectivity index (χ0v) is 14.0. The molecule has 4 nitrogen and oxygen atoms in total. The number of rotatable bonds is 2. The molecule has 0 fully saturated rings. The average molecular weight is 366 g/mol. The van der Waals surface area contributed by atoms with Crippen LogP contribution in [0.25, 0.3) is 11.0 Å². The molecule has 4 rings (SSSR count). The van der Waals surface area contributed by atoms with Crippen molar-refractivity contribution < 1.29 is 17.2 Å². The van der Waals surface area contributed by atoms with Crippen LogP contribution in [0.4, 0.5) is 4.39 Å². The van der Waals surface area contributed by atoms with Crippen molar-refractivity contribution in [2.45, 2.75) is 22.8 Å². The first-order chi connectivity index (χ1) is 11.4. The van der Waals surface area contributed by atoms with Crippen LogP contribution in [0.15, 0.2) is 50.6 Å². The Morgan fingerprint density at radius 2 is 1.96 bits per heavy atom. The number of fused-ring (bicyclic) bond motifs is 3. The molecule has 1 N–H and O–H groups in total. The second kappa shape index (κ2) is 5.58. The fraction of sp³-hybridized carbons (Fsp3) is 0.176. The molecule has 2 heterocycles. The largest absolute Gasteiger partial charge is 0.459 e. The maximum Gasteiger partial charge on any atom is 0.206 e. The third-order valence-corrected chi connectivity index (χ3v) is 6.09. The molecular formula is C17H13ClFNO3S. The molecule has 1 aromatic heterocycles. The topological polar surface area (TPSA) is 59.3 Å². The van der Waals surface area contributed by atoms with Gasteiger partial charge in [-0.05, 0) is 43.3 Å². The summed E-state index contributed by atoms with van der Waals surface area (Å²) >= 11 is 5.78. The molecule has 124 valence electrons. The highest BCUT2D eigenvalue weighted by Gasteiger charge is 2.23. The third-order valence-electron chi connectivity index (χ3n) is 4.14. The highest BCUT2D eigenvalue weighted by Crippen LogP contribution is 2.32. The summed E-state index contributed by atoms with van der Waals surface area (Å²) in [5.74, 6) is 0.140. The van der Waals surface area contributed by atoms with E-state index in [2.05, 4.69) is 5.32 Å². The molecule has 1 aliphatic rings. The lowest BCUT2D eigenvalue weighted by Crippen LogP contribution is -2.22. The Morgan fingerprint density at radius 1 is 1.12 bits per heavy atom. The smallest absolute Gasteiger partial charge is 0.206 e. The average Bonchev–Trinajstić information content (AvgIpc) is 2.91. The molecule has 0 radical (unpaired) electrons. The van der Waals surface area contributed by atoms with Crippen LogP contribution in [-0.4, -0.2) is 15.0 Å². The molecule has 0 aliphatic carbocycles. The van der Waals surface area contributed by atoms with Gasteiger partial charge in [0.2, 0.25) is 9.84 Å². The van der Waals surface area contributed by atoms with Crippen molar-refractivity contribution in [2.24, 2.45) is 0 Å². The Labute approximate surface area is 143 Å². The molecule has 24 heavy (non-hydrogen) atoms. The van der Waals surface area contributed by atoms with Crippen molar-refractivity contribution in [3.05, 3.63) is 58.6 Å². The highest BCUT2D eigenvalue weighted by molar-refractivity contribution is 7.91. The summed E-state index contributed by atoms with van der Waals surface area (Å²) in [5, 5.41) is 4.17. The third kappa shape index (κ3) is 2.51. The molecule has 0 spiro atoms. The summed E-state index contributed by atoms with van der Waals surface area (Å²) < 4.78 is 44.8. The molecule has 0 bridgehead atoms. The van der Waals surface area contributed by atoms with Crippen molar-refractivity contribution in [3.8, 4) is 0 Å². The van der Waals surface area contributed by atoms with Gasteiger partial charge in [0, 0.05) is 22.0 Å². The van der Waals surface area contributed by atoms with Gasteiger partial charge in [0.1, 0.15) is 17.2 Å². The van der Waals surface area contributed by atoms with Gasteiger partial charge in [-0.15, -0.1) is 0 Å². The molecule has 0 saturated carbocycles. The van der Waals surface area contributed by atoms with Crippen molar-refractivity contribution in [2.75, 3.05) is 6.54 Å². The maximum atomic E-state index is 13.5. The summed E-state index contributed by atoms with van der Waals surface area (Å²) in [6.07, 6.45) is 0.841. The van der Waals surface area contributed by atoms with Crippen LogP contribution in [0.2, 0.25) is 5.02 Å². The Balaban J connectivity index is 1.86. The predicted molar refractivity (Wildman–Crippen MR) is 88.5 cm³/mol. The molecule has 0 unspecified atom stereocenters. The van der Waals surface area contributed by atoms with Crippen molar-refractivity contribution >= 4 is 32.4 Å². The lowest BCUT2D eigenvalue weighted by atomic mass is 10.1. The van der Waals surface area contributed by atoms with E-state index < -0.39 is 15.7 Å². The van der Waals surface area contributed by atoms with Gasteiger partial charge in [0.25, 0.3) is 0 Å². The minimum absolute atomic E-state index is 0.0363. The molecular weight excluding hydrogens is 353 g/mol. The van der Waals surface area contributed by atoms with Crippen LogP contribution in [0.3, 0.4) is 0 Å². The fourth-order valence-electron chi connectivity index (χ4n) is 3.00. The summed E-state index contributed by atoms with van der Waals surface area (Å²) in [5.41, 5.74) is 1.63. The maximum absolute atomic E-state index is 13.5. The molecule has 7 heteroatoms. The Kier molecular flexibility index (Phi) is 3.63.